The highest BCUT2D eigenvalue weighted by atomic mass is 16.4. The molecule has 3 unspecified atom stereocenters. The van der Waals surface area contributed by atoms with Crippen molar-refractivity contribution in [3.8, 4) is 0 Å². The normalized spacial score (nSPS) is 25.5. The molecule has 4 atom stereocenters. The Kier molecular flexibility index (Phi) is 4.28. The smallest absolute Gasteiger partial charge is 0.103 e. The molecule has 0 bridgehead atoms. The molecule has 0 spiro atoms. The summed E-state index contributed by atoms with van der Waals surface area (Å²) in [6, 6.07) is 0. The molecule has 5 nitrogen and oxygen atoms in total. The highest BCUT2D eigenvalue weighted by molar-refractivity contribution is 4.92. The molecule has 0 heterocycles. The zero-order valence-corrected chi connectivity index (χ0v) is 7.95. The molecule has 0 aliphatic heterocycles. The second-order valence-corrected chi connectivity index (χ2v) is 3.91. The van der Waals surface area contributed by atoms with Gasteiger partial charge in [-0.25, -0.2) is 0 Å². The van der Waals surface area contributed by atoms with Gasteiger partial charge in [-0.2, -0.15) is 0 Å². The minimum absolute atomic E-state index is 0.147. The first-order valence-corrected chi connectivity index (χ1v) is 4.87. The van der Waals surface area contributed by atoms with E-state index in [1.807, 2.05) is 0 Å². The van der Waals surface area contributed by atoms with Crippen molar-refractivity contribution in [1.82, 2.24) is 0 Å². The first kappa shape index (κ1) is 11.9. The Morgan fingerprint density at radius 1 is 0.929 bits per heavy atom. The fourth-order valence-electron chi connectivity index (χ4n) is 1.79. The summed E-state index contributed by atoms with van der Waals surface area (Å²) in [7, 11) is 0. The Balaban J connectivity index is 2.56. The van der Waals surface area contributed by atoms with Crippen LogP contribution in [-0.2, 0) is 0 Å². The maximum atomic E-state index is 9.61. The standard InChI is InChI=1S/C9H18O5/c10-3-6(12)8(5-1-2-5)9(14)7(13)4-11/h5-14H,1-4H2/t6?,7?,8-,9?/m0/s1. The quantitative estimate of drug-likeness (QED) is 0.349. The van der Waals surface area contributed by atoms with Crippen LogP contribution in [0.5, 0.6) is 0 Å². The fourth-order valence-corrected chi connectivity index (χ4v) is 1.79. The van der Waals surface area contributed by atoms with Crippen LogP contribution in [0.2, 0.25) is 0 Å². The van der Waals surface area contributed by atoms with E-state index >= 15 is 0 Å². The van der Waals surface area contributed by atoms with Gasteiger partial charge in [-0.3, -0.25) is 0 Å². The first-order valence-electron chi connectivity index (χ1n) is 4.87. The molecule has 0 aromatic rings. The van der Waals surface area contributed by atoms with Gasteiger partial charge in [-0.05, 0) is 18.8 Å². The van der Waals surface area contributed by atoms with Crippen LogP contribution in [0, 0.1) is 11.8 Å². The van der Waals surface area contributed by atoms with Gasteiger partial charge in [-0.15, -0.1) is 0 Å². The summed E-state index contributed by atoms with van der Waals surface area (Å²) in [6.45, 7) is -0.973. The molecule has 1 aliphatic rings. The van der Waals surface area contributed by atoms with Crippen molar-refractivity contribution in [2.24, 2.45) is 11.8 Å². The Morgan fingerprint density at radius 2 is 1.43 bits per heavy atom. The fraction of sp³-hybridized carbons (Fsp3) is 1.00. The second kappa shape index (κ2) is 5.04. The predicted octanol–water partition coefficient (Wildman–Crippen LogP) is -1.92. The number of rotatable bonds is 6. The van der Waals surface area contributed by atoms with Crippen molar-refractivity contribution < 1.29 is 25.5 Å². The van der Waals surface area contributed by atoms with Gasteiger partial charge in [-0.1, -0.05) is 0 Å². The minimum Gasteiger partial charge on any atom is -0.394 e. The van der Waals surface area contributed by atoms with E-state index in [-0.39, 0.29) is 5.92 Å². The van der Waals surface area contributed by atoms with Crippen molar-refractivity contribution >= 4 is 0 Å². The van der Waals surface area contributed by atoms with Gasteiger partial charge < -0.3 is 25.5 Å². The van der Waals surface area contributed by atoms with Gasteiger partial charge in [0.15, 0.2) is 0 Å². The molecular weight excluding hydrogens is 188 g/mol. The SMILES string of the molecule is OCC(O)C(O)[C@H](C(O)CO)C1CC1. The van der Waals surface area contributed by atoms with Crippen LogP contribution in [0.4, 0.5) is 0 Å². The molecule has 1 rings (SSSR count). The molecule has 0 aromatic carbocycles. The van der Waals surface area contributed by atoms with Crippen LogP contribution in [0.25, 0.3) is 0 Å². The molecule has 5 N–H and O–H groups in total. The number of hydrogen-bond donors (Lipinski definition) is 5. The summed E-state index contributed by atoms with van der Waals surface area (Å²) in [5, 5.41) is 45.7. The topological polar surface area (TPSA) is 101 Å². The van der Waals surface area contributed by atoms with Gasteiger partial charge in [0.1, 0.15) is 6.10 Å². The van der Waals surface area contributed by atoms with Crippen LogP contribution >= 0.6 is 0 Å². The third-order valence-corrected chi connectivity index (χ3v) is 2.77. The van der Waals surface area contributed by atoms with Gasteiger partial charge in [0.05, 0.1) is 25.4 Å². The van der Waals surface area contributed by atoms with Crippen LogP contribution in [-0.4, -0.2) is 57.1 Å². The van der Waals surface area contributed by atoms with Crippen LogP contribution in [0.3, 0.4) is 0 Å². The third kappa shape index (κ3) is 2.65. The van der Waals surface area contributed by atoms with Crippen LogP contribution in [0.1, 0.15) is 12.8 Å². The lowest BCUT2D eigenvalue weighted by Crippen LogP contribution is -2.44. The molecule has 5 heteroatoms. The second-order valence-electron chi connectivity index (χ2n) is 3.91. The van der Waals surface area contributed by atoms with E-state index in [9.17, 15) is 15.3 Å². The van der Waals surface area contributed by atoms with E-state index in [0.717, 1.165) is 12.8 Å². The molecule has 1 aliphatic carbocycles. The zero-order chi connectivity index (χ0) is 10.7. The predicted molar refractivity (Wildman–Crippen MR) is 48.4 cm³/mol. The molecule has 84 valence electrons. The molecule has 0 aromatic heterocycles. The summed E-state index contributed by atoms with van der Waals surface area (Å²) in [5.74, 6) is -0.393. The van der Waals surface area contributed by atoms with Crippen molar-refractivity contribution in [1.29, 1.82) is 0 Å². The Bertz CT molecular complexity index is 171. The number of hydrogen-bond acceptors (Lipinski definition) is 5. The van der Waals surface area contributed by atoms with Gasteiger partial charge in [0.25, 0.3) is 0 Å². The van der Waals surface area contributed by atoms with Crippen molar-refractivity contribution in [2.45, 2.75) is 31.2 Å². The molecule has 14 heavy (non-hydrogen) atoms. The Labute approximate surface area is 82.6 Å². The van der Waals surface area contributed by atoms with Crippen LogP contribution < -0.4 is 0 Å². The lowest BCUT2D eigenvalue weighted by molar-refractivity contribution is -0.0905. The summed E-state index contributed by atoms with van der Waals surface area (Å²) in [6.07, 6.45) is -1.68. The van der Waals surface area contributed by atoms with E-state index in [1.54, 1.807) is 0 Å². The van der Waals surface area contributed by atoms with E-state index < -0.39 is 37.4 Å². The highest BCUT2D eigenvalue weighted by Gasteiger charge is 2.42. The van der Waals surface area contributed by atoms with E-state index in [1.165, 1.54) is 0 Å². The van der Waals surface area contributed by atoms with Gasteiger partial charge in [0, 0.05) is 5.92 Å². The van der Waals surface area contributed by atoms with E-state index in [0.29, 0.717) is 0 Å². The van der Waals surface area contributed by atoms with Crippen molar-refractivity contribution in [3.63, 3.8) is 0 Å². The Hall–Kier alpha value is -0.200. The minimum atomic E-state index is -1.25. The van der Waals surface area contributed by atoms with Gasteiger partial charge in [0.2, 0.25) is 0 Å². The molecule has 0 amide bonds. The van der Waals surface area contributed by atoms with E-state index in [4.69, 9.17) is 10.2 Å². The summed E-state index contributed by atoms with van der Waals surface area (Å²) >= 11 is 0. The molecule has 1 saturated carbocycles. The number of aliphatic hydroxyl groups excluding tert-OH is 5. The average Bonchev–Trinajstić information content (AvgIpc) is 3.00. The molecule has 0 radical (unpaired) electrons. The Morgan fingerprint density at radius 3 is 1.79 bits per heavy atom. The summed E-state index contributed by atoms with van der Waals surface area (Å²) in [5.41, 5.74) is 0. The van der Waals surface area contributed by atoms with E-state index in [2.05, 4.69) is 0 Å². The lowest BCUT2D eigenvalue weighted by Gasteiger charge is -2.28. The maximum Gasteiger partial charge on any atom is 0.103 e. The van der Waals surface area contributed by atoms with Crippen LogP contribution in [0.15, 0.2) is 0 Å². The third-order valence-electron chi connectivity index (χ3n) is 2.77. The average molecular weight is 206 g/mol. The number of aliphatic hydroxyl groups is 5. The molecular formula is C9H18O5. The maximum absolute atomic E-state index is 9.61. The highest BCUT2D eigenvalue weighted by Crippen LogP contribution is 2.40. The summed E-state index contributed by atoms with van der Waals surface area (Å²) in [4.78, 5) is 0. The van der Waals surface area contributed by atoms with Crippen molar-refractivity contribution in [3.05, 3.63) is 0 Å². The monoisotopic (exact) mass is 206 g/mol. The zero-order valence-electron chi connectivity index (χ0n) is 7.95. The summed E-state index contributed by atoms with van der Waals surface area (Å²) < 4.78 is 0. The molecule has 1 fully saturated rings. The van der Waals surface area contributed by atoms with Gasteiger partial charge >= 0.3 is 0 Å². The lowest BCUT2D eigenvalue weighted by atomic mass is 9.88. The largest absolute Gasteiger partial charge is 0.394 e. The first-order chi connectivity index (χ1) is 6.61. The van der Waals surface area contributed by atoms with Crippen molar-refractivity contribution in [2.75, 3.05) is 13.2 Å². The molecule has 0 saturated heterocycles.